The summed E-state index contributed by atoms with van der Waals surface area (Å²) in [4.78, 5) is 0. The van der Waals surface area contributed by atoms with E-state index in [1.807, 2.05) is 18.2 Å². The highest BCUT2D eigenvalue weighted by Crippen LogP contribution is 2.30. The molecule has 0 fully saturated rings. The molecule has 0 amide bonds. The molecule has 3 heteroatoms. The van der Waals surface area contributed by atoms with Crippen LogP contribution in [0, 0.1) is 0 Å². The molecule has 0 radical (unpaired) electrons. The number of benzene rings is 1. The van der Waals surface area contributed by atoms with Crippen LogP contribution in [0.5, 0.6) is 5.75 Å². The first-order chi connectivity index (χ1) is 6.36. The fourth-order valence-corrected chi connectivity index (χ4v) is 1.76. The van der Waals surface area contributed by atoms with Crippen LogP contribution >= 0.6 is 0 Å². The van der Waals surface area contributed by atoms with Crippen LogP contribution in [-0.4, -0.2) is 18.0 Å². The molecule has 1 aromatic rings. The molecule has 1 N–H and O–H groups in total. The van der Waals surface area contributed by atoms with Crippen molar-refractivity contribution in [3.8, 4) is 5.75 Å². The fourth-order valence-electron chi connectivity index (χ4n) is 1.76. The number of nitrogens with zero attached hydrogens (tertiary/aromatic N) is 1. The third-order valence-electron chi connectivity index (χ3n) is 2.37. The van der Waals surface area contributed by atoms with Crippen molar-refractivity contribution < 1.29 is 9.94 Å². The average molecular weight is 177 g/mol. The van der Waals surface area contributed by atoms with Crippen LogP contribution in [0.15, 0.2) is 23.4 Å². The molecule has 1 aliphatic rings. The molecule has 0 aromatic heterocycles. The maximum absolute atomic E-state index is 8.77. The molecular formula is C10H11NO2. The van der Waals surface area contributed by atoms with E-state index in [1.54, 1.807) is 7.11 Å². The average Bonchev–Trinajstić information content (AvgIpc) is 2.60. The molecule has 0 heterocycles. The minimum absolute atomic E-state index is 0.729. The minimum Gasteiger partial charge on any atom is -0.496 e. The lowest BCUT2D eigenvalue weighted by molar-refractivity contribution is 0.318. The van der Waals surface area contributed by atoms with Crippen LogP contribution < -0.4 is 4.74 Å². The van der Waals surface area contributed by atoms with Gasteiger partial charge in [0.05, 0.1) is 12.8 Å². The topological polar surface area (TPSA) is 41.8 Å². The molecule has 1 aliphatic carbocycles. The van der Waals surface area contributed by atoms with Crippen LogP contribution in [0.2, 0.25) is 0 Å². The van der Waals surface area contributed by atoms with Gasteiger partial charge in [0.15, 0.2) is 0 Å². The van der Waals surface area contributed by atoms with Gasteiger partial charge in [0.25, 0.3) is 0 Å². The van der Waals surface area contributed by atoms with Gasteiger partial charge in [-0.15, -0.1) is 0 Å². The van der Waals surface area contributed by atoms with E-state index < -0.39 is 0 Å². The third-order valence-corrected chi connectivity index (χ3v) is 2.37. The second-order valence-electron chi connectivity index (χ2n) is 3.04. The number of rotatable bonds is 1. The Hall–Kier alpha value is -1.51. The van der Waals surface area contributed by atoms with E-state index in [0.29, 0.717) is 0 Å². The lowest BCUT2D eigenvalue weighted by atomic mass is 10.1. The van der Waals surface area contributed by atoms with Crippen molar-refractivity contribution in [1.82, 2.24) is 0 Å². The summed E-state index contributed by atoms with van der Waals surface area (Å²) in [5.41, 5.74) is 2.90. The molecule has 2 rings (SSSR count). The van der Waals surface area contributed by atoms with E-state index in [0.717, 1.165) is 29.9 Å². The molecule has 0 spiro atoms. The van der Waals surface area contributed by atoms with Gasteiger partial charge in [-0.25, -0.2) is 0 Å². The van der Waals surface area contributed by atoms with E-state index in [4.69, 9.17) is 9.94 Å². The first-order valence-corrected chi connectivity index (χ1v) is 4.24. The number of fused-ring (bicyclic) bond motifs is 1. The highest BCUT2D eigenvalue weighted by Gasteiger charge is 2.21. The SMILES string of the molecule is COc1cccc2c1C(=NO)CC2. The van der Waals surface area contributed by atoms with E-state index in [2.05, 4.69) is 5.16 Å². The molecule has 0 unspecified atom stereocenters. The number of methoxy groups -OCH3 is 1. The fraction of sp³-hybridized carbons (Fsp3) is 0.300. The second-order valence-corrected chi connectivity index (χ2v) is 3.04. The zero-order valence-corrected chi connectivity index (χ0v) is 7.45. The van der Waals surface area contributed by atoms with Gasteiger partial charge in [0, 0.05) is 5.56 Å². The maximum Gasteiger partial charge on any atom is 0.128 e. The number of hydrogen-bond donors (Lipinski definition) is 1. The number of hydrogen-bond acceptors (Lipinski definition) is 3. The number of aryl methyl sites for hydroxylation is 1. The summed E-state index contributed by atoms with van der Waals surface area (Å²) < 4.78 is 5.20. The van der Waals surface area contributed by atoms with Gasteiger partial charge in [-0.05, 0) is 24.5 Å². The molecule has 0 atom stereocenters. The van der Waals surface area contributed by atoms with Crippen molar-refractivity contribution in [2.45, 2.75) is 12.8 Å². The van der Waals surface area contributed by atoms with Crippen LogP contribution in [-0.2, 0) is 6.42 Å². The van der Waals surface area contributed by atoms with Crippen molar-refractivity contribution in [1.29, 1.82) is 0 Å². The highest BCUT2D eigenvalue weighted by atomic mass is 16.5. The lowest BCUT2D eigenvalue weighted by Crippen LogP contribution is -1.98. The van der Waals surface area contributed by atoms with Crippen molar-refractivity contribution in [3.63, 3.8) is 0 Å². The minimum atomic E-state index is 0.729. The summed E-state index contributed by atoms with van der Waals surface area (Å²) in [5.74, 6) is 0.794. The molecular weight excluding hydrogens is 166 g/mol. The third kappa shape index (κ3) is 1.16. The van der Waals surface area contributed by atoms with Crippen molar-refractivity contribution >= 4 is 5.71 Å². The Labute approximate surface area is 76.6 Å². The van der Waals surface area contributed by atoms with Crippen molar-refractivity contribution in [3.05, 3.63) is 29.3 Å². The zero-order chi connectivity index (χ0) is 9.26. The van der Waals surface area contributed by atoms with Gasteiger partial charge < -0.3 is 9.94 Å². The Bertz CT molecular complexity index is 358. The lowest BCUT2D eigenvalue weighted by Gasteiger charge is -2.05. The summed E-state index contributed by atoms with van der Waals surface area (Å²) in [6.45, 7) is 0. The molecule has 68 valence electrons. The van der Waals surface area contributed by atoms with E-state index >= 15 is 0 Å². The quantitative estimate of drug-likeness (QED) is 0.525. The summed E-state index contributed by atoms with van der Waals surface area (Å²) in [6, 6.07) is 5.88. The van der Waals surface area contributed by atoms with Crippen molar-refractivity contribution in [2.75, 3.05) is 7.11 Å². The summed E-state index contributed by atoms with van der Waals surface area (Å²) in [6.07, 6.45) is 1.73. The van der Waals surface area contributed by atoms with Gasteiger partial charge in [0.2, 0.25) is 0 Å². The Morgan fingerprint density at radius 2 is 2.23 bits per heavy atom. The van der Waals surface area contributed by atoms with Crippen LogP contribution in [0.4, 0.5) is 0 Å². The molecule has 0 saturated carbocycles. The van der Waals surface area contributed by atoms with Crippen molar-refractivity contribution in [2.24, 2.45) is 5.16 Å². The predicted molar refractivity (Wildman–Crippen MR) is 49.6 cm³/mol. The van der Waals surface area contributed by atoms with Crippen LogP contribution in [0.25, 0.3) is 0 Å². The Kier molecular flexibility index (Phi) is 1.93. The van der Waals surface area contributed by atoms with Gasteiger partial charge in [-0.2, -0.15) is 0 Å². The van der Waals surface area contributed by atoms with Crippen LogP contribution in [0.3, 0.4) is 0 Å². The first-order valence-electron chi connectivity index (χ1n) is 4.24. The Morgan fingerprint density at radius 1 is 1.38 bits per heavy atom. The maximum atomic E-state index is 8.77. The van der Waals surface area contributed by atoms with Gasteiger partial charge in [0.1, 0.15) is 5.75 Å². The van der Waals surface area contributed by atoms with Gasteiger partial charge >= 0.3 is 0 Å². The number of oxime groups is 1. The van der Waals surface area contributed by atoms with Crippen LogP contribution in [0.1, 0.15) is 17.5 Å². The monoisotopic (exact) mass is 177 g/mol. The summed E-state index contributed by atoms with van der Waals surface area (Å²) in [7, 11) is 1.63. The summed E-state index contributed by atoms with van der Waals surface area (Å²) in [5, 5.41) is 12.0. The van der Waals surface area contributed by atoms with E-state index in [9.17, 15) is 0 Å². The predicted octanol–water partition coefficient (Wildman–Crippen LogP) is 1.82. The zero-order valence-electron chi connectivity index (χ0n) is 7.45. The number of ether oxygens (including phenoxy) is 1. The highest BCUT2D eigenvalue weighted by molar-refractivity contribution is 6.06. The molecule has 0 saturated heterocycles. The molecule has 13 heavy (non-hydrogen) atoms. The smallest absolute Gasteiger partial charge is 0.128 e. The van der Waals surface area contributed by atoms with E-state index in [1.165, 1.54) is 5.56 Å². The molecule has 0 bridgehead atoms. The van der Waals surface area contributed by atoms with E-state index in [-0.39, 0.29) is 0 Å². The second kappa shape index (κ2) is 3.09. The van der Waals surface area contributed by atoms with Gasteiger partial charge in [-0.3, -0.25) is 0 Å². The molecule has 1 aromatic carbocycles. The standard InChI is InChI=1S/C10H11NO2/c1-13-9-4-2-3-7-5-6-8(11-12)10(7)9/h2-4,12H,5-6H2,1H3. The summed E-state index contributed by atoms with van der Waals surface area (Å²) >= 11 is 0. The largest absolute Gasteiger partial charge is 0.496 e. The first kappa shape index (κ1) is 8.10. The molecule has 3 nitrogen and oxygen atoms in total. The Balaban J connectivity index is 2.59. The molecule has 0 aliphatic heterocycles. The Morgan fingerprint density at radius 3 is 2.92 bits per heavy atom. The van der Waals surface area contributed by atoms with Gasteiger partial charge in [-0.1, -0.05) is 17.3 Å². The normalized spacial score (nSPS) is 17.5.